The van der Waals surface area contributed by atoms with Crippen LogP contribution in [-0.4, -0.2) is 45.5 Å². The average Bonchev–Trinajstić information content (AvgIpc) is 2.92. The van der Waals surface area contributed by atoms with Crippen LogP contribution in [0, 0.1) is 12.7 Å². The number of halogens is 1. The third kappa shape index (κ3) is 3.22. The van der Waals surface area contributed by atoms with E-state index in [0.717, 1.165) is 12.1 Å². The van der Waals surface area contributed by atoms with Crippen molar-refractivity contribution >= 4 is 15.9 Å². The molecular formula is C13H17FN2O4S. The van der Waals surface area contributed by atoms with Crippen molar-refractivity contribution in [2.45, 2.75) is 24.3 Å². The molecule has 1 unspecified atom stereocenters. The van der Waals surface area contributed by atoms with Gasteiger partial charge in [-0.25, -0.2) is 17.9 Å². The van der Waals surface area contributed by atoms with E-state index in [1.807, 2.05) is 0 Å². The SMILES string of the molecule is Cc1c(C(=O)N(C)C2CCOC2)cc(F)cc1S(N)(=O)=O. The third-order valence-corrected chi connectivity index (χ3v) is 4.67. The normalized spacial score (nSPS) is 18.8. The van der Waals surface area contributed by atoms with Gasteiger partial charge in [-0.3, -0.25) is 4.79 Å². The van der Waals surface area contributed by atoms with E-state index in [4.69, 9.17) is 9.88 Å². The van der Waals surface area contributed by atoms with Crippen molar-refractivity contribution in [3.8, 4) is 0 Å². The lowest BCUT2D eigenvalue weighted by atomic mass is 10.1. The fourth-order valence-electron chi connectivity index (χ4n) is 2.36. The Labute approximate surface area is 122 Å². The average molecular weight is 316 g/mol. The molecule has 1 amide bonds. The minimum Gasteiger partial charge on any atom is -0.379 e. The molecule has 1 saturated heterocycles. The van der Waals surface area contributed by atoms with E-state index in [9.17, 15) is 17.6 Å². The Kier molecular flexibility index (Phi) is 4.31. The second kappa shape index (κ2) is 5.70. The lowest BCUT2D eigenvalue weighted by Gasteiger charge is -2.24. The molecule has 1 aromatic rings. The molecule has 2 rings (SSSR count). The van der Waals surface area contributed by atoms with Crippen LogP contribution < -0.4 is 5.14 Å². The first kappa shape index (κ1) is 15.9. The van der Waals surface area contributed by atoms with Crippen LogP contribution in [0.1, 0.15) is 22.3 Å². The highest BCUT2D eigenvalue weighted by Crippen LogP contribution is 2.23. The maximum atomic E-state index is 13.6. The van der Waals surface area contributed by atoms with Crippen molar-refractivity contribution in [3.63, 3.8) is 0 Å². The van der Waals surface area contributed by atoms with E-state index in [-0.39, 0.29) is 22.1 Å². The van der Waals surface area contributed by atoms with Crippen LogP contribution >= 0.6 is 0 Å². The number of sulfonamides is 1. The molecule has 8 heteroatoms. The largest absolute Gasteiger partial charge is 0.379 e. The van der Waals surface area contributed by atoms with E-state index in [1.54, 1.807) is 7.05 Å². The van der Waals surface area contributed by atoms with E-state index in [0.29, 0.717) is 19.6 Å². The summed E-state index contributed by atoms with van der Waals surface area (Å²) in [7, 11) is -2.51. The summed E-state index contributed by atoms with van der Waals surface area (Å²) in [5.74, 6) is -1.27. The third-order valence-electron chi connectivity index (χ3n) is 3.64. The number of hydrogen-bond donors (Lipinski definition) is 1. The maximum Gasteiger partial charge on any atom is 0.254 e. The van der Waals surface area contributed by atoms with Gasteiger partial charge in [0, 0.05) is 19.2 Å². The topological polar surface area (TPSA) is 89.7 Å². The summed E-state index contributed by atoms with van der Waals surface area (Å²) in [4.78, 5) is 13.5. The summed E-state index contributed by atoms with van der Waals surface area (Å²) >= 11 is 0. The number of likely N-dealkylation sites (N-methyl/N-ethyl adjacent to an activating group) is 1. The number of carbonyl (C=O) groups excluding carboxylic acids is 1. The molecule has 2 N–H and O–H groups in total. The van der Waals surface area contributed by atoms with Gasteiger partial charge in [-0.15, -0.1) is 0 Å². The highest BCUT2D eigenvalue weighted by molar-refractivity contribution is 7.89. The quantitative estimate of drug-likeness (QED) is 0.886. The molecule has 0 saturated carbocycles. The Balaban J connectivity index is 2.44. The van der Waals surface area contributed by atoms with Crippen LogP contribution in [0.25, 0.3) is 0 Å². The molecule has 1 fully saturated rings. The van der Waals surface area contributed by atoms with E-state index < -0.39 is 21.7 Å². The van der Waals surface area contributed by atoms with Crippen molar-refractivity contribution in [2.24, 2.45) is 5.14 Å². The number of nitrogens with zero attached hydrogens (tertiary/aromatic N) is 1. The van der Waals surface area contributed by atoms with Crippen molar-refractivity contribution in [2.75, 3.05) is 20.3 Å². The summed E-state index contributed by atoms with van der Waals surface area (Å²) in [6.07, 6.45) is 0.693. The van der Waals surface area contributed by atoms with Gasteiger partial charge in [-0.1, -0.05) is 0 Å². The molecule has 0 aliphatic carbocycles. The van der Waals surface area contributed by atoms with Gasteiger partial charge in [0.1, 0.15) is 5.82 Å². The minimum absolute atomic E-state index is 0.00609. The van der Waals surface area contributed by atoms with Crippen molar-refractivity contribution < 1.29 is 22.3 Å². The van der Waals surface area contributed by atoms with Gasteiger partial charge in [0.05, 0.1) is 17.5 Å². The number of carbonyl (C=O) groups is 1. The predicted molar refractivity (Wildman–Crippen MR) is 73.8 cm³/mol. The van der Waals surface area contributed by atoms with E-state index in [1.165, 1.54) is 11.8 Å². The molecular weight excluding hydrogens is 299 g/mol. The Hall–Kier alpha value is -1.51. The molecule has 0 spiro atoms. The summed E-state index contributed by atoms with van der Waals surface area (Å²) in [6, 6.07) is 1.75. The number of ether oxygens (including phenoxy) is 1. The second-order valence-electron chi connectivity index (χ2n) is 5.05. The number of rotatable bonds is 3. The van der Waals surface area contributed by atoms with Crippen molar-refractivity contribution in [1.82, 2.24) is 4.90 Å². The maximum absolute atomic E-state index is 13.6. The zero-order valence-electron chi connectivity index (χ0n) is 11.8. The van der Waals surface area contributed by atoms with Gasteiger partial charge in [-0.05, 0) is 31.0 Å². The molecule has 1 aliphatic rings. The predicted octanol–water partition coefficient (Wildman–Crippen LogP) is 0.642. The molecule has 0 radical (unpaired) electrons. The first-order valence-electron chi connectivity index (χ1n) is 6.39. The van der Waals surface area contributed by atoms with E-state index >= 15 is 0 Å². The number of primary sulfonamides is 1. The summed E-state index contributed by atoms with van der Waals surface area (Å²) in [5, 5.41) is 5.05. The molecule has 1 aromatic carbocycles. The van der Waals surface area contributed by atoms with Crippen LogP contribution in [-0.2, 0) is 14.8 Å². The monoisotopic (exact) mass is 316 g/mol. The molecule has 116 valence electrons. The smallest absolute Gasteiger partial charge is 0.254 e. The van der Waals surface area contributed by atoms with Crippen LogP contribution in [0.2, 0.25) is 0 Å². The molecule has 0 aromatic heterocycles. The van der Waals surface area contributed by atoms with Gasteiger partial charge in [0.2, 0.25) is 10.0 Å². The standard InChI is InChI=1S/C13H17FN2O4S/c1-8-11(5-9(14)6-12(8)21(15,18)19)13(17)16(2)10-3-4-20-7-10/h5-6,10H,3-4,7H2,1-2H3,(H2,15,18,19). The summed E-state index contributed by atoms with van der Waals surface area (Å²) in [5.41, 5.74) is 0.142. The zero-order valence-corrected chi connectivity index (χ0v) is 12.6. The summed E-state index contributed by atoms with van der Waals surface area (Å²) in [6.45, 7) is 2.41. The number of amides is 1. The fraction of sp³-hybridized carbons (Fsp3) is 0.462. The Morgan fingerprint density at radius 2 is 2.14 bits per heavy atom. The fourth-order valence-corrected chi connectivity index (χ4v) is 3.17. The van der Waals surface area contributed by atoms with Gasteiger partial charge >= 0.3 is 0 Å². The molecule has 21 heavy (non-hydrogen) atoms. The Morgan fingerprint density at radius 1 is 1.48 bits per heavy atom. The van der Waals surface area contributed by atoms with Crippen LogP contribution in [0.15, 0.2) is 17.0 Å². The first-order chi connectivity index (χ1) is 9.71. The van der Waals surface area contributed by atoms with Crippen molar-refractivity contribution in [1.29, 1.82) is 0 Å². The van der Waals surface area contributed by atoms with Gasteiger partial charge in [0.15, 0.2) is 0 Å². The second-order valence-corrected chi connectivity index (χ2v) is 6.58. The molecule has 1 atom stereocenters. The van der Waals surface area contributed by atoms with Gasteiger partial charge in [0.25, 0.3) is 5.91 Å². The zero-order chi connectivity index (χ0) is 15.8. The van der Waals surface area contributed by atoms with Gasteiger partial charge in [-0.2, -0.15) is 0 Å². The Morgan fingerprint density at radius 3 is 2.67 bits per heavy atom. The minimum atomic E-state index is -4.09. The highest BCUT2D eigenvalue weighted by atomic mass is 32.2. The number of hydrogen-bond acceptors (Lipinski definition) is 4. The Bertz CT molecular complexity index is 669. The molecule has 1 heterocycles. The molecule has 1 aliphatic heterocycles. The molecule has 6 nitrogen and oxygen atoms in total. The molecule has 0 bridgehead atoms. The van der Waals surface area contributed by atoms with E-state index in [2.05, 4.69) is 0 Å². The lowest BCUT2D eigenvalue weighted by molar-refractivity contribution is 0.0709. The van der Waals surface area contributed by atoms with Gasteiger partial charge < -0.3 is 9.64 Å². The number of nitrogens with two attached hydrogens (primary N) is 1. The van der Waals surface area contributed by atoms with Crippen molar-refractivity contribution in [3.05, 3.63) is 29.1 Å². The lowest BCUT2D eigenvalue weighted by Crippen LogP contribution is -2.38. The van der Waals surface area contributed by atoms with Crippen LogP contribution in [0.3, 0.4) is 0 Å². The number of benzene rings is 1. The van der Waals surface area contributed by atoms with Crippen LogP contribution in [0.4, 0.5) is 4.39 Å². The van der Waals surface area contributed by atoms with Crippen LogP contribution in [0.5, 0.6) is 0 Å². The summed E-state index contributed by atoms with van der Waals surface area (Å²) < 4.78 is 41.8. The highest BCUT2D eigenvalue weighted by Gasteiger charge is 2.28. The first-order valence-corrected chi connectivity index (χ1v) is 7.94.